The summed E-state index contributed by atoms with van der Waals surface area (Å²) in [6.45, 7) is 7.99. The molecule has 2 amide bonds. The van der Waals surface area contributed by atoms with E-state index < -0.39 is 6.03 Å². The van der Waals surface area contributed by atoms with E-state index in [2.05, 4.69) is 29.4 Å². The third-order valence-electron chi connectivity index (χ3n) is 4.31. The molecule has 1 unspecified atom stereocenters. The van der Waals surface area contributed by atoms with Crippen LogP contribution in [0.15, 0.2) is 24.3 Å². The van der Waals surface area contributed by atoms with Gasteiger partial charge in [0, 0.05) is 17.4 Å². The molecule has 0 aliphatic carbocycles. The number of amides is 2. The maximum absolute atomic E-state index is 10.9. The second kappa shape index (κ2) is 7.31. The number of piperidine rings is 1. The minimum atomic E-state index is -0.535. The van der Waals surface area contributed by atoms with Crippen LogP contribution in [0.1, 0.15) is 26.7 Å². The lowest BCUT2D eigenvalue weighted by atomic mass is 9.90. The first-order valence-electron chi connectivity index (χ1n) is 7.74. The van der Waals surface area contributed by atoms with Gasteiger partial charge in [-0.05, 0) is 63.5 Å². The Balaban J connectivity index is 1.90. The van der Waals surface area contributed by atoms with Crippen LogP contribution in [0.2, 0.25) is 0 Å². The van der Waals surface area contributed by atoms with Crippen molar-refractivity contribution in [2.75, 3.05) is 30.3 Å². The molecule has 1 saturated heterocycles. The molecule has 21 heavy (non-hydrogen) atoms. The summed E-state index contributed by atoms with van der Waals surface area (Å²) in [4.78, 5) is 13.4. The summed E-state index contributed by atoms with van der Waals surface area (Å²) in [6, 6.07) is 7.58. The number of primary amides is 1. The van der Waals surface area contributed by atoms with Crippen molar-refractivity contribution in [3.63, 3.8) is 0 Å². The first-order valence-corrected chi connectivity index (χ1v) is 7.74. The summed E-state index contributed by atoms with van der Waals surface area (Å²) in [5.74, 6) is 0.695. The van der Waals surface area contributed by atoms with Crippen molar-refractivity contribution in [3.8, 4) is 0 Å². The smallest absolute Gasteiger partial charge is 0.316 e. The van der Waals surface area contributed by atoms with E-state index in [-0.39, 0.29) is 0 Å². The Hall–Kier alpha value is -1.75. The summed E-state index contributed by atoms with van der Waals surface area (Å²) < 4.78 is 0. The number of hydrogen-bond donors (Lipinski definition) is 3. The number of anilines is 2. The maximum atomic E-state index is 10.9. The third-order valence-corrected chi connectivity index (χ3v) is 4.31. The van der Waals surface area contributed by atoms with Crippen LogP contribution in [0.25, 0.3) is 0 Å². The molecule has 2 rings (SSSR count). The first kappa shape index (κ1) is 15.6. The highest BCUT2D eigenvalue weighted by Gasteiger charge is 2.23. The predicted octanol–water partition coefficient (Wildman–Crippen LogP) is 2.71. The number of carbonyl (C=O) groups is 1. The highest BCUT2D eigenvalue weighted by Crippen LogP contribution is 2.24. The number of nitrogens with zero attached hydrogens (tertiary/aromatic N) is 1. The van der Waals surface area contributed by atoms with Gasteiger partial charge in [-0.25, -0.2) is 4.79 Å². The Labute approximate surface area is 126 Å². The largest absolute Gasteiger partial charge is 0.382 e. The van der Waals surface area contributed by atoms with Gasteiger partial charge in [0.15, 0.2) is 0 Å². The van der Waals surface area contributed by atoms with Crippen LogP contribution in [0, 0.1) is 5.92 Å². The molecule has 0 spiro atoms. The van der Waals surface area contributed by atoms with E-state index in [0.29, 0.717) is 12.0 Å². The fraction of sp³-hybridized carbons (Fsp3) is 0.562. The summed E-state index contributed by atoms with van der Waals surface area (Å²) in [5.41, 5.74) is 6.89. The van der Waals surface area contributed by atoms with Crippen molar-refractivity contribution < 1.29 is 4.79 Å². The maximum Gasteiger partial charge on any atom is 0.316 e. The summed E-state index contributed by atoms with van der Waals surface area (Å²) in [6.07, 6.45) is 2.47. The van der Waals surface area contributed by atoms with E-state index in [1.165, 1.54) is 25.9 Å². The molecule has 1 aromatic rings. The van der Waals surface area contributed by atoms with E-state index in [0.717, 1.165) is 17.9 Å². The number of carbonyl (C=O) groups excluding carboxylic acids is 1. The normalized spacial score (nSPS) is 18.2. The molecule has 116 valence electrons. The quantitative estimate of drug-likeness (QED) is 0.781. The Morgan fingerprint density at radius 3 is 2.67 bits per heavy atom. The lowest BCUT2D eigenvalue weighted by Gasteiger charge is -2.34. The zero-order valence-electron chi connectivity index (χ0n) is 12.9. The second-order valence-electron chi connectivity index (χ2n) is 5.77. The number of likely N-dealkylation sites (tertiary alicyclic amines) is 1. The third kappa shape index (κ3) is 4.63. The highest BCUT2D eigenvalue weighted by molar-refractivity contribution is 5.88. The number of benzene rings is 1. The Bertz CT molecular complexity index is 469. The van der Waals surface area contributed by atoms with Crippen molar-refractivity contribution in [1.29, 1.82) is 0 Å². The second-order valence-corrected chi connectivity index (χ2v) is 5.77. The van der Waals surface area contributed by atoms with Crippen molar-refractivity contribution in [1.82, 2.24) is 4.90 Å². The topological polar surface area (TPSA) is 70.4 Å². The number of urea groups is 1. The summed E-state index contributed by atoms with van der Waals surface area (Å²) >= 11 is 0. The predicted molar refractivity (Wildman–Crippen MR) is 87.6 cm³/mol. The molecule has 1 fully saturated rings. The van der Waals surface area contributed by atoms with Crippen LogP contribution in [-0.2, 0) is 0 Å². The number of nitrogens with two attached hydrogens (primary N) is 1. The minimum absolute atomic E-state index is 0.424. The Kier molecular flexibility index (Phi) is 5.44. The van der Waals surface area contributed by atoms with Gasteiger partial charge in [-0.15, -0.1) is 0 Å². The zero-order chi connectivity index (χ0) is 15.2. The van der Waals surface area contributed by atoms with Crippen molar-refractivity contribution in [2.45, 2.75) is 32.7 Å². The van der Waals surface area contributed by atoms with Crippen molar-refractivity contribution >= 4 is 17.4 Å². The molecule has 5 heteroatoms. The highest BCUT2D eigenvalue weighted by atomic mass is 16.2. The zero-order valence-corrected chi connectivity index (χ0v) is 12.9. The lowest BCUT2D eigenvalue weighted by molar-refractivity contribution is 0.183. The molecule has 1 heterocycles. The minimum Gasteiger partial charge on any atom is -0.382 e. The average molecular weight is 290 g/mol. The van der Waals surface area contributed by atoms with Crippen LogP contribution in [-0.4, -0.2) is 36.6 Å². The van der Waals surface area contributed by atoms with Gasteiger partial charge in [0.25, 0.3) is 0 Å². The number of hydrogen-bond acceptors (Lipinski definition) is 3. The Morgan fingerprint density at radius 1 is 1.38 bits per heavy atom. The molecule has 1 aliphatic heterocycles. The molecular formula is C16H26N4O. The van der Waals surface area contributed by atoms with Gasteiger partial charge < -0.3 is 21.3 Å². The Morgan fingerprint density at radius 2 is 2.05 bits per heavy atom. The van der Waals surface area contributed by atoms with Crippen LogP contribution in [0.5, 0.6) is 0 Å². The fourth-order valence-corrected chi connectivity index (χ4v) is 2.98. The van der Waals surface area contributed by atoms with Crippen LogP contribution < -0.4 is 16.4 Å². The standard InChI is InChI=1S/C16H26N4O/c1-3-20-9-7-13(8-10-20)12(2)18-14-5-4-6-15(11-14)19-16(17)21/h4-6,11-13,18H,3,7-10H2,1-2H3,(H3,17,19,21). The van der Waals surface area contributed by atoms with Gasteiger partial charge in [0.1, 0.15) is 0 Å². The summed E-state index contributed by atoms with van der Waals surface area (Å²) in [5, 5.41) is 6.15. The van der Waals surface area contributed by atoms with Crippen LogP contribution in [0.4, 0.5) is 16.2 Å². The SMILES string of the molecule is CCN1CCC(C(C)Nc2cccc(NC(N)=O)c2)CC1. The van der Waals surface area contributed by atoms with Gasteiger partial charge in [-0.3, -0.25) is 0 Å². The molecule has 1 atom stereocenters. The summed E-state index contributed by atoms with van der Waals surface area (Å²) in [7, 11) is 0. The first-order chi connectivity index (χ1) is 10.1. The molecule has 1 aromatic carbocycles. The van der Waals surface area contributed by atoms with Crippen LogP contribution >= 0.6 is 0 Å². The lowest BCUT2D eigenvalue weighted by Crippen LogP contribution is -2.39. The van der Waals surface area contributed by atoms with E-state index >= 15 is 0 Å². The van der Waals surface area contributed by atoms with E-state index in [9.17, 15) is 4.79 Å². The molecule has 4 N–H and O–H groups in total. The average Bonchev–Trinajstić information content (AvgIpc) is 2.47. The molecule has 1 aliphatic rings. The monoisotopic (exact) mass is 290 g/mol. The van der Waals surface area contributed by atoms with Gasteiger partial charge in [-0.1, -0.05) is 13.0 Å². The van der Waals surface area contributed by atoms with Gasteiger partial charge in [0.2, 0.25) is 0 Å². The van der Waals surface area contributed by atoms with Crippen molar-refractivity contribution in [3.05, 3.63) is 24.3 Å². The molecule has 0 saturated carbocycles. The molecule has 0 aromatic heterocycles. The van der Waals surface area contributed by atoms with Gasteiger partial charge in [0.05, 0.1) is 0 Å². The van der Waals surface area contributed by atoms with Crippen molar-refractivity contribution in [2.24, 2.45) is 11.7 Å². The van der Waals surface area contributed by atoms with E-state index in [1.54, 1.807) is 0 Å². The molecule has 5 nitrogen and oxygen atoms in total. The fourth-order valence-electron chi connectivity index (χ4n) is 2.98. The number of nitrogens with one attached hydrogen (secondary N) is 2. The molecule has 0 bridgehead atoms. The van der Waals surface area contributed by atoms with Gasteiger partial charge >= 0.3 is 6.03 Å². The number of rotatable bonds is 5. The van der Waals surface area contributed by atoms with E-state index in [4.69, 9.17) is 5.73 Å². The van der Waals surface area contributed by atoms with Crippen LogP contribution in [0.3, 0.4) is 0 Å². The van der Waals surface area contributed by atoms with E-state index in [1.807, 2.05) is 24.3 Å². The van der Waals surface area contributed by atoms with Gasteiger partial charge in [-0.2, -0.15) is 0 Å². The molecule has 0 radical (unpaired) electrons. The molecular weight excluding hydrogens is 264 g/mol.